The molecule has 0 N–H and O–H groups in total. The van der Waals surface area contributed by atoms with Gasteiger partial charge < -0.3 is 14.2 Å². The number of ether oxygens (including phenoxy) is 3. The van der Waals surface area contributed by atoms with Crippen molar-refractivity contribution >= 4 is 15.9 Å². The van der Waals surface area contributed by atoms with E-state index in [-0.39, 0.29) is 12.2 Å². The Balaban J connectivity index is 1.84. The zero-order valence-electron chi connectivity index (χ0n) is 10.8. The average molecular weight is 315 g/mol. The van der Waals surface area contributed by atoms with Gasteiger partial charge in [0.15, 0.2) is 0 Å². The summed E-state index contributed by atoms with van der Waals surface area (Å²) >= 11 is 3.59. The molecule has 0 amide bonds. The Hall–Kier alpha value is -0.580. The largest absolute Gasteiger partial charge is 0.497 e. The SMILES string of the molecule is CCOC1C(Br)CC1OCc1cccc(OC)c1. The van der Waals surface area contributed by atoms with Crippen LogP contribution >= 0.6 is 15.9 Å². The van der Waals surface area contributed by atoms with E-state index in [1.165, 1.54) is 0 Å². The lowest BCUT2D eigenvalue weighted by molar-refractivity contribution is -0.124. The van der Waals surface area contributed by atoms with E-state index in [4.69, 9.17) is 14.2 Å². The van der Waals surface area contributed by atoms with Crippen LogP contribution in [0.5, 0.6) is 5.75 Å². The lowest BCUT2D eigenvalue weighted by atomic mass is 9.91. The summed E-state index contributed by atoms with van der Waals surface area (Å²) in [6.45, 7) is 3.34. The molecule has 4 heteroatoms. The Kier molecular flexibility index (Phi) is 5.03. The maximum atomic E-state index is 5.89. The van der Waals surface area contributed by atoms with Crippen molar-refractivity contribution in [2.75, 3.05) is 13.7 Å². The summed E-state index contributed by atoms with van der Waals surface area (Å²) in [5.41, 5.74) is 1.13. The predicted octanol–water partition coefficient (Wildman–Crippen LogP) is 3.15. The molecule has 0 bridgehead atoms. The third kappa shape index (κ3) is 3.25. The molecule has 2 rings (SSSR count). The van der Waals surface area contributed by atoms with Gasteiger partial charge in [0.1, 0.15) is 5.75 Å². The van der Waals surface area contributed by atoms with Gasteiger partial charge in [-0.25, -0.2) is 0 Å². The Morgan fingerprint density at radius 3 is 2.83 bits per heavy atom. The smallest absolute Gasteiger partial charge is 0.119 e. The van der Waals surface area contributed by atoms with Crippen molar-refractivity contribution < 1.29 is 14.2 Å². The highest BCUT2D eigenvalue weighted by Crippen LogP contribution is 2.33. The summed E-state index contributed by atoms with van der Waals surface area (Å²) in [5.74, 6) is 0.865. The first-order valence-electron chi connectivity index (χ1n) is 6.24. The topological polar surface area (TPSA) is 27.7 Å². The molecule has 18 heavy (non-hydrogen) atoms. The summed E-state index contributed by atoms with van der Waals surface area (Å²) in [7, 11) is 1.67. The van der Waals surface area contributed by atoms with Crippen LogP contribution in [0.2, 0.25) is 0 Å². The molecule has 0 heterocycles. The Labute approximate surface area is 117 Å². The fraction of sp³-hybridized carbons (Fsp3) is 0.571. The first-order valence-corrected chi connectivity index (χ1v) is 7.16. The number of hydrogen-bond donors (Lipinski definition) is 0. The Bertz CT molecular complexity index is 383. The van der Waals surface area contributed by atoms with E-state index in [1.54, 1.807) is 7.11 Å². The van der Waals surface area contributed by atoms with Crippen LogP contribution in [0.3, 0.4) is 0 Å². The second kappa shape index (κ2) is 6.55. The van der Waals surface area contributed by atoms with E-state index in [2.05, 4.69) is 15.9 Å². The van der Waals surface area contributed by atoms with Crippen LogP contribution in [-0.2, 0) is 16.1 Å². The average Bonchev–Trinajstić information content (AvgIpc) is 2.41. The minimum absolute atomic E-state index is 0.181. The van der Waals surface area contributed by atoms with Crippen LogP contribution in [0.15, 0.2) is 24.3 Å². The first-order chi connectivity index (χ1) is 8.74. The molecule has 1 saturated carbocycles. The summed E-state index contributed by atoms with van der Waals surface area (Å²) in [4.78, 5) is 0.424. The van der Waals surface area contributed by atoms with Gasteiger partial charge in [-0.1, -0.05) is 28.1 Å². The molecule has 0 saturated heterocycles. The van der Waals surface area contributed by atoms with E-state index >= 15 is 0 Å². The van der Waals surface area contributed by atoms with Crippen molar-refractivity contribution in [2.45, 2.75) is 37.0 Å². The maximum absolute atomic E-state index is 5.89. The number of hydrogen-bond acceptors (Lipinski definition) is 3. The van der Waals surface area contributed by atoms with Crippen LogP contribution in [0.1, 0.15) is 18.9 Å². The van der Waals surface area contributed by atoms with Gasteiger partial charge in [-0.2, -0.15) is 0 Å². The molecular formula is C14H19BrO3. The van der Waals surface area contributed by atoms with E-state index in [1.807, 2.05) is 31.2 Å². The molecule has 0 aromatic heterocycles. The van der Waals surface area contributed by atoms with Crippen molar-refractivity contribution in [1.82, 2.24) is 0 Å². The quantitative estimate of drug-likeness (QED) is 0.755. The van der Waals surface area contributed by atoms with Crippen LogP contribution in [0, 0.1) is 0 Å². The number of halogens is 1. The minimum atomic E-state index is 0.181. The van der Waals surface area contributed by atoms with E-state index in [0.29, 0.717) is 11.4 Å². The molecule has 1 aromatic carbocycles. The van der Waals surface area contributed by atoms with Crippen LogP contribution in [0.25, 0.3) is 0 Å². The number of methoxy groups -OCH3 is 1. The van der Waals surface area contributed by atoms with Gasteiger partial charge in [0.2, 0.25) is 0 Å². The van der Waals surface area contributed by atoms with Crippen LogP contribution in [0.4, 0.5) is 0 Å². The first kappa shape index (κ1) is 13.8. The molecule has 1 aliphatic rings. The number of benzene rings is 1. The van der Waals surface area contributed by atoms with Gasteiger partial charge >= 0.3 is 0 Å². The zero-order valence-corrected chi connectivity index (χ0v) is 12.4. The van der Waals surface area contributed by atoms with E-state index in [9.17, 15) is 0 Å². The van der Waals surface area contributed by atoms with Crippen molar-refractivity contribution in [3.63, 3.8) is 0 Å². The summed E-state index contributed by atoms with van der Waals surface area (Å²) in [6, 6.07) is 7.96. The van der Waals surface area contributed by atoms with E-state index in [0.717, 1.165) is 24.3 Å². The van der Waals surface area contributed by atoms with Gasteiger partial charge in [0.05, 0.1) is 25.9 Å². The van der Waals surface area contributed by atoms with Gasteiger partial charge in [-0.05, 0) is 31.0 Å². The normalized spacial score (nSPS) is 26.7. The third-order valence-electron chi connectivity index (χ3n) is 3.14. The van der Waals surface area contributed by atoms with Gasteiger partial charge in [0, 0.05) is 11.4 Å². The third-order valence-corrected chi connectivity index (χ3v) is 4.03. The fourth-order valence-corrected chi connectivity index (χ4v) is 2.92. The summed E-state index contributed by atoms with van der Waals surface area (Å²) < 4.78 is 16.7. The molecule has 1 aromatic rings. The molecule has 0 spiro atoms. The predicted molar refractivity (Wildman–Crippen MR) is 74.3 cm³/mol. The number of alkyl halides is 1. The van der Waals surface area contributed by atoms with E-state index < -0.39 is 0 Å². The van der Waals surface area contributed by atoms with Crippen molar-refractivity contribution in [3.8, 4) is 5.75 Å². The van der Waals surface area contributed by atoms with Crippen LogP contribution in [-0.4, -0.2) is 30.8 Å². The summed E-state index contributed by atoms with van der Waals surface area (Å²) in [6.07, 6.45) is 1.38. The molecular weight excluding hydrogens is 296 g/mol. The molecule has 3 unspecified atom stereocenters. The highest BCUT2D eigenvalue weighted by Gasteiger charge is 2.41. The second-order valence-electron chi connectivity index (χ2n) is 4.37. The molecule has 1 fully saturated rings. The molecule has 1 aliphatic carbocycles. The van der Waals surface area contributed by atoms with Crippen molar-refractivity contribution in [3.05, 3.63) is 29.8 Å². The Morgan fingerprint density at radius 1 is 1.33 bits per heavy atom. The van der Waals surface area contributed by atoms with Crippen molar-refractivity contribution in [2.24, 2.45) is 0 Å². The molecule has 0 aliphatic heterocycles. The highest BCUT2D eigenvalue weighted by molar-refractivity contribution is 9.09. The second-order valence-corrected chi connectivity index (χ2v) is 5.55. The van der Waals surface area contributed by atoms with Crippen LogP contribution < -0.4 is 4.74 Å². The minimum Gasteiger partial charge on any atom is -0.497 e. The van der Waals surface area contributed by atoms with Gasteiger partial charge in [-0.3, -0.25) is 0 Å². The Morgan fingerprint density at radius 2 is 2.17 bits per heavy atom. The lowest BCUT2D eigenvalue weighted by Gasteiger charge is -2.40. The summed E-state index contributed by atoms with van der Waals surface area (Å²) in [5, 5.41) is 0. The zero-order chi connectivity index (χ0) is 13.0. The maximum Gasteiger partial charge on any atom is 0.119 e. The molecule has 100 valence electrons. The van der Waals surface area contributed by atoms with Gasteiger partial charge in [-0.15, -0.1) is 0 Å². The van der Waals surface area contributed by atoms with Crippen molar-refractivity contribution in [1.29, 1.82) is 0 Å². The fourth-order valence-electron chi connectivity index (χ4n) is 2.06. The molecule has 3 nitrogen and oxygen atoms in total. The lowest BCUT2D eigenvalue weighted by Crippen LogP contribution is -2.50. The standard InChI is InChI=1S/C14H19BrO3/c1-3-17-14-12(15)8-13(14)18-9-10-5-4-6-11(7-10)16-2/h4-7,12-14H,3,8-9H2,1-2H3. The molecule has 0 radical (unpaired) electrons. The molecule has 3 atom stereocenters. The monoisotopic (exact) mass is 314 g/mol. The van der Waals surface area contributed by atoms with Gasteiger partial charge in [0.25, 0.3) is 0 Å². The number of rotatable bonds is 6. The highest BCUT2D eigenvalue weighted by atomic mass is 79.9.